The van der Waals surface area contributed by atoms with Crippen LogP contribution < -0.4 is 16.1 Å². The van der Waals surface area contributed by atoms with Gasteiger partial charge in [0.05, 0.1) is 5.69 Å². The Morgan fingerprint density at radius 2 is 1.88 bits per heavy atom. The van der Waals surface area contributed by atoms with Crippen molar-refractivity contribution in [1.29, 1.82) is 0 Å². The molecule has 0 saturated carbocycles. The number of anilines is 2. The summed E-state index contributed by atoms with van der Waals surface area (Å²) in [5, 5.41) is 19.8. The Balaban J connectivity index is 1.47. The van der Waals surface area contributed by atoms with Crippen LogP contribution in [0.3, 0.4) is 0 Å². The van der Waals surface area contributed by atoms with E-state index in [9.17, 15) is 14.4 Å². The van der Waals surface area contributed by atoms with Crippen LogP contribution in [0.4, 0.5) is 15.6 Å². The standard InChI is InChI=1S/C22H25N5O6S/c1-22(2,3)32-21(30)23-14-9-7-13(8-10-14)17-12-34-20(24-17)25-18(28)6-4-5-15-11-16(27-33-15)19(29)26-31/h7-12,31H,4-6H2,1-3H3,(H,23,30)(H,26,29)(H,24,25,28). The number of aryl methyl sites for hydroxylation is 1. The highest BCUT2D eigenvalue weighted by Crippen LogP contribution is 2.26. The molecule has 0 atom stereocenters. The van der Waals surface area contributed by atoms with E-state index in [2.05, 4.69) is 20.8 Å². The third-order valence-corrected chi connectivity index (χ3v) is 5.05. The molecule has 180 valence electrons. The Morgan fingerprint density at radius 3 is 2.56 bits per heavy atom. The van der Waals surface area contributed by atoms with Gasteiger partial charge in [-0.25, -0.2) is 15.3 Å². The van der Waals surface area contributed by atoms with Crippen molar-refractivity contribution >= 4 is 40.1 Å². The van der Waals surface area contributed by atoms with E-state index in [0.717, 1.165) is 5.56 Å². The highest BCUT2D eigenvalue weighted by molar-refractivity contribution is 7.14. The van der Waals surface area contributed by atoms with Crippen molar-refractivity contribution in [2.45, 2.75) is 45.6 Å². The SMILES string of the molecule is CC(C)(C)OC(=O)Nc1ccc(-c2csc(NC(=O)CCCc3cc(C(=O)NO)no3)n2)cc1. The van der Waals surface area contributed by atoms with E-state index in [-0.39, 0.29) is 18.0 Å². The smallest absolute Gasteiger partial charge is 0.412 e. The maximum atomic E-state index is 12.2. The van der Waals surface area contributed by atoms with Gasteiger partial charge in [0, 0.05) is 35.5 Å². The van der Waals surface area contributed by atoms with Gasteiger partial charge in [0.2, 0.25) is 5.91 Å². The van der Waals surface area contributed by atoms with Gasteiger partial charge < -0.3 is 14.6 Å². The van der Waals surface area contributed by atoms with Gasteiger partial charge in [-0.1, -0.05) is 17.3 Å². The van der Waals surface area contributed by atoms with Crippen LogP contribution in [0.5, 0.6) is 0 Å². The predicted molar refractivity (Wildman–Crippen MR) is 125 cm³/mol. The van der Waals surface area contributed by atoms with Gasteiger partial charge in [0.25, 0.3) is 5.91 Å². The van der Waals surface area contributed by atoms with Crippen LogP contribution in [0.1, 0.15) is 49.9 Å². The number of hydrogen-bond acceptors (Lipinski definition) is 9. The predicted octanol–water partition coefficient (Wildman–Crippen LogP) is 4.23. The monoisotopic (exact) mass is 487 g/mol. The zero-order valence-corrected chi connectivity index (χ0v) is 19.7. The lowest BCUT2D eigenvalue weighted by atomic mass is 10.1. The van der Waals surface area contributed by atoms with Crippen LogP contribution in [0.2, 0.25) is 0 Å². The van der Waals surface area contributed by atoms with Crippen molar-refractivity contribution in [1.82, 2.24) is 15.6 Å². The first-order chi connectivity index (χ1) is 16.1. The zero-order valence-electron chi connectivity index (χ0n) is 18.9. The molecule has 2 aromatic heterocycles. The van der Waals surface area contributed by atoms with Crippen molar-refractivity contribution in [3.63, 3.8) is 0 Å². The minimum atomic E-state index is -0.763. The lowest BCUT2D eigenvalue weighted by molar-refractivity contribution is -0.116. The second kappa shape index (κ2) is 10.9. The molecule has 0 saturated heterocycles. The number of benzene rings is 1. The molecular weight excluding hydrogens is 462 g/mol. The number of rotatable bonds is 8. The van der Waals surface area contributed by atoms with Crippen molar-refractivity contribution < 1.29 is 28.9 Å². The molecule has 0 fully saturated rings. The molecule has 0 aliphatic heterocycles. The summed E-state index contributed by atoms with van der Waals surface area (Å²) < 4.78 is 10.2. The number of ether oxygens (including phenoxy) is 1. The first kappa shape index (κ1) is 24.9. The average molecular weight is 488 g/mol. The average Bonchev–Trinajstić information content (AvgIpc) is 3.42. The van der Waals surface area contributed by atoms with Gasteiger partial charge >= 0.3 is 6.09 Å². The molecule has 12 heteroatoms. The summed E-state index contributed by atoms with van der Waals surface area (Å²) >= 11 is 1.30. The van der Waals surface area contributed by atoms with Crippen LogP contribution in [-0.2, 0) is 16.0 Å². The fourth-order valence-electron chi connectivity index (χ4n) is 2.81. The Kier molecular flexibility index (Phi) is 7.97. The minimum Gasteiger partial charge on any atom is -0.444 e. The summed E-state index contributed by atoms with van der Waals surface area (Å²) in [4.78, 5) is 39.8. The maximum Gasteiger partial charge on any atom is 0.412 e. The van der Waals surface area contributed by atoms with Gasteiger partial charge in [-0.3, -0.25) is 20.1 Å². The van der Waals surface area contributed by atoms with Crippen LogP contribution in [0.15, 0.2) is 40.2 Å². The second-order valence-electron chi connectivity index (χ2n) is 8.26. The normalized spacial score (nSPS) is 11.1. The summed E-state index contributed by atoms with van der Waals surface area (Å²) in [5.74, 6) is -0.528. The number of nitrogens with one attached hydrogen (secondary N) is 3. The molecule has 0 unspecified atom stereocenters. The molecule has 1 aromatic carbocycles. The third kappa shape index (κ3) is 7.39. The number of carbonyl (C=O) groups excluding carboxylic acids is 3. The minimum absolute atomic E-state index is 0.0362. The number of hydrogen-bond donors (Lipinski definition) is 4. The Labute approximate surface area is 199 Å². The molecule has 3 rings (SSSR count). The van der Waals surface area contributed by atoms with Crippen molar-refractivity contribution in [2.75, 3.05) is 10.6 Å². The van der Waals surface area contributed by atoms with E-state index in [1.165, 1.54) is 22.9 Å². The Bertz CT molecular complexity index is 1150. The van der Waals surface area contributed by atoms with Gasteiger partial charge in [-0.05, 0) is 39.3 Å². The lowest BCUT2D eigenvalue weighted by Crippen LogP contribution is -2.27. The van der Waals surface area contributed by atoms with E-state index in [1.54, 1.807) is 32.9 Å². The third-order valence-electron chi connectivity index (χ3n) is 4.30. The Morgan fingerprint density at radius 1 is 1.15 bits per heavy atom. The van der Waals surface area contributed by atoms with Crippen molar-refractivity contribution in [3.05, 3.63) is 47.2 Å². The number of thiazole rings is 1. The lowest BCUT2D eigenvalue weighted by Gasteiger charge is -2.19. The van der Waals surface area contributed by atoms with E-state index in [1.807, 2.05) is 17.5 Å². The second-order valence-corrected chi connectivity index (χ2v) is 9.12. The number of amides is 3. The van der Waals surface area contributed by atoms with Gasteiger partial charge in [0.1, 0.15) is 11.4 Å². The Hall–Kier alpha value is -3.77. The highest BCUT2D eigenvalue weighted by Gasteiger charge is 2.16. The van der Waals surface area contributed by atoms with Crippen molar-refractivity contribution in [2.24, 2.45) is 0 Å². The van der Waals surface area contributed by atoms with E-state index >= 15 is 0 Å². The molecule has 4 N–H and O–H groups in total. The van der Waals surface area contributed by atoms with Crippen LogP contribution >= 0.6 is 11.3 Å². The largest absolute Gasteiger partial charge is 0.444 e. The highest BCUT2D eigenvalue weighted by atomic mass is 32.1. The number of hydroxylamine groups is 1. The first-order valence-corrected chi connectivity index (χ1v) is 11.3. The van der Waals surface area contributed by atoms with E-state index < -0.39 is 17.6 Å². The van der Waals surface area contributed by atoms with Crippen LogP contribution in [0, 0.1) is 0 Å². The molecule has 0 aliphatic rings. The molecular formula is C22H25N5O6S. The quantitative estimate of drug-likeness (QED) is 0.272. The van der Waals surface area contributed by atoms with Gasteiger partial charge in [0.15, 0.2) is 10.8 Å². The fourth-order valence-corrected chi connectivity index (χ4v) is 3.55. The molecule has 0 radical (unpaired) electrons. The topological polar surface area (TPSA) is 156 Å². The zero-order chi connectivity index (χ0) is 24.7. The number of nitrogens with zero attached hydrogens (tertiary/aromatic N) is 2. The molecule has 0 spiro atoms. The molecule has 0 aliphatic carbocycles. The van der Waals surface area contributed by atoms with E-state index in [0.29, 0.717) is 35.1 Å². The summed E-state index contributed by atoms with van der Waals surface area (Å²) in [7, 11) is 0. The summed E-state index contributed by atoms with van der Waals surface area (Å²) in [6.07, 6.45) is 0.581. The molecule has 2 heterocycles. The van der Waals surface area contributed by atoms with Crippen molar-refractivity contribution in [3.8, 4) is 11.3 Å². The molecule has 34 heavy (non-hydrogen) atoms. The first-order valence-electron chi connectivity index (χ1n) is 10.4. The summed E-state index contributed by atoms with van der Waals surface area (Å²) in [5.41, 5.74) is 2.98. The summed E-state index contributed by atoms with van der Waals surface area (Å²) in [6.45, 7) is 5.38. The fraction of sp³-hybridized carbons (Fsp3) is 0.318. The number of carbonyl (C=O) groups is 3. The van der Waals surface area contributed by atoms with Crippen LogP contribution in [-0.4, -0.2) is 38.9 Å². The molecule has 3 amide bonds. The molecule has 0 bridgehead atoms. The molecule has 11 nitrogen and oxygen atoms in total. The molecule has 3 aromatic rings. The summed E-state index contributed by atoms with van der Waals surface area (Å²) in [6, 6.07) is 8.53. The number of aromatic nitrogens is 2. The van der Waals surface area contributed by atoms with E-state index in [4.69, 9.17) is 14.5 Å². The maximum absolute atomic E-state index is 12.2. The van der Waals surface area contributed by atoms with Crippen LogP contribution in [0.25, 0.3) is 11.3 Å². The van der Waals surface area contributed by atoms with Gasteiger partial charge in [-0.15, -0.1) is 11.3 Å². The van der Waals surface area contributed by atoms with Gasteiger partial charge in [-0.2, -0.15) is 0 Å².